The van der Waals surface area contributed by atoms with E-state index in [0.717, 1.165) is 24.0 Å². The molecular formula is C24H23FN4O3S. The van der Waals surface area contributed by atoms with E-state index in [2.05, 4.69) is 10.3 Å². The Balaban J connectivity index is 1.51. The molecule has 2 aliphatic heterocycles. The fourth-order valence-electron chi connectivity index (χ4n) is 4.42. The van der Waals surface area contributed by atoms with Crippen LogP contribution >= 0.6 is 0 Å². The number of fused-ring (bicyclic) bond motifs is 1. The van der Waals surface area contributed by atoms with E-state index in [0.29, 0.717) is 42.7 Å². The van der Waals surface area contributed by atoms with Gasteiger partial charge in [-0.1, -0.05) is 24.3 Å². The average molecular weight is 467 g/mol. The Morgan fingerprint density at radius 2 is 1.64 bits per heavy atom. The highest BCUT2D eigenvalue weighted by atomic mass is 32.2. The van der Waals surface area contributed by atoms with Gasteiger partial charge in [-0.2, -0.15) is 8.70 Å². The van der Waals surface area contributed by atoms with Crippen molar-refractivity contribution in [2.45, 2.75) is 24.2 Å². The topological polar surface area (TPSA) is 105 Å². The summed E-state index contributed by atoms with van der Waals surface area (Å²) in [5.41, 5.74) is 9.57. The average Bonchev–Trinajstić information content (AvgIpc) is 3.35. The van der Waals surface area contributed by atoms with E-state index in [9.17, 15) is 17.6 Å². The van der Waals surface area contributed by atoms with Crippen molar-refractivity contribution in [1.82, 2.24) is 14.6 Å². The first-order chi connectivity index (χ1) is 15.8. The van der Waals surface area contributed by atoms with Gasteiger partial charge in [0.05, 0.1) is 4.90 Å². The molecule has 0 atom stereocenters. The normalized spacial score (nSPS) is 16.5. The highest BCUT2D eigenvalue weighted by molar-refractivity contribution is 7.89. The standard InChI is InChI=1S/C24H23FN4O3S/c25-22-20(15-3-6-18(7-4-15)33(31,32)29-11-1-2-12-29)14-21(23(26)28-22)16-5-8-19-17(13-16)9-10-27-24(19)30/h3-8,13-14H,1-2,9-12H2,(H2,26,28)(H,27,30). The van der Waals surface area contributed by atoms with Gasteiger partial charge in [-0.15, -0.1) is 0 Å². The van der Waals surface area contributed by atoms with Crippen molar-refractivity contribution < 1.29 is 17.6 Å². The SMILES string of the molecule is Nc1nc(F)c(-c2ccc(S(=O)(=O)N3CCCC3)cc2)cc1-c1ccc2c(c1)CCNC2=O. The summed E-state index contributed by atoms with van der Waals surface area (Å²) in [5.74, 6) is -0.800. The van der Waals surface area contributed by atoms with Crippen LogP contribution in [0.1, 0.15) is 28.8 Å². The van der Waals surface area contributed by atoms with Crippen LogP contribution in [0.4, 0.5) is 10.2 Å². The van der Waals surface area contributed by atoms with E-state index >= 15 is 0 Å². The molecule has 3 aromatic rings. The quantitative estimate of drug-likeness (QED) is 0.575. The van der Waals surface area contributed by atoms with Crippen molar-refractivity contribution in [1.29, 1.82) is 0 Å². The third-order valence-corrected chi connectivity index (χ3v) is 8.13. The van der Waals surface area contributed by atoms with Crippen LogP contribution in [0.25, 0.3) is 22.3 Å². The minimum absolute atomic E-state index is 0.0460. The van der Waals surface area contributed by atoms with Gasteiger partial charge in [0.1, 0.15) is 5.82 Å². The number of amides is 1. The van der Waals surface area contributed by atoms with Crippen LogP contribution in [-0.2, 0) is 16.4 Å². The predicted molar refractivity (Wildman–Crippen MR) is 124 cm³/mol. The molecule has 0 aliphatic carbocycles. The highest BCUT2D eigenvalue weighted by Gasteiger charge is 2.27. The fourth-order valence-corrected chi connectivity index (χ4v) is 5.93. The minimum atomic E-state index is -3.55. The number of benzene rings is 2. The number of halogens is 1. The van der Waals surface area contributed by atoms with Crippen LogP contribution < -0.4 is 11.1 Å². The van der Waals surface area contributed by atoms with Gasteiger partial charge in [0, 0.05) is 36.3 Å². The van der Waals surface area contributed by atoms with Gasteiger partial charge >= 0.3 is 0 Å². The number of nitrogens with two attached hydrogens (primary N) is 1. The molecule has 1 saturated heterocycles. The van der Waals surface area contributed by atoms with Crippen LogP contribution in [0, 0.1) is 5.95 Å². The zero-order valence-electron chi connectivity index (χ0n) is 17.8. The molecule has 3 heterocycles. The van der Waals surface area contributed by atoms with Crippen molar-refractivity contribution in [3.63, 3.8) is 0 Å². The summed E-state index contributed by atoms with van der Waals surface area (Å²) in [6.45, 7) is 1.60. The lowest BCUT2D eigenvalue weighted by Crippen LogP contribution is -2.31. The third-order valence-electron chi connectivity index (χ3n) is 6.21. The number of rotatable bonds is 4. The van der Waals surface area contributed by atoms with Gasteiger partial charge in [-0.05, 0) is 60.2 Å². The molecule has 3 N–H and O–H groups in total. The Hall–Kier alpha value is -3.30. The zero-order valence-corrected chi connectivity index (χ0v) is 18.7. The molecule has 7 nitrogen and oxygen atoms in total. The Bertz CT molecular complexity index is 1350. The Kier molecular flexibility index (Phi) is 5.38. The molecule has 1 amide bonds. The molecule has 5 rings (SSSR count). The summed E-state index contributed by atoms with van der Waals surface area (Å²) < 4.78 is 41.8. The smallest absolute Gasteiger partial charge is 0.251 e. The monoisotopic (exact) mass is 466 g/mol. The van der Waals surface area contributed by atoms with Crippen molar-refractivity contribution in [3.05, 3.63) is 65.6 Å². The van der Waals surface area contributed by atoms with Gasteiger partial charge in [0.25, 0.3) is 5.91 Å². The third kappa shape index (κ3) is 3.87. The van der Waals surface area contributed by atoms with Crippen LogP contribution in [0.3, 0.4) is 0 Å². The first-order valence-electron chi connectivity index (χ1n) is 10.8. The summed E-state index contributed by atoms with van der Waals surface area (Å²) in [4.78, 5) is 16.1. The molecule has 33 heavy (non-hydrogen) atoms. The lowest BCUT2D eigenvalue weighted by molar-refractivity contribution is 0.0946. The molecule has 0 radical (unpaired) electrons. The van der Waals surface area contributed by atoms with E-state index in [1.165, 1.54) is 16.4 Å². The van der Waals surface area contributed by atoms with Crippen LogP contribution in [0.15, 0.2) is 53.4 Å². The summed E-state index contributed by atoms with van der Waals surface area (Å²) in [5, 5.41) is 2.81. The van der Waals surface area contributed by atoms with Crippen molar-refractivity contribution in [2.24, 2.45) is 0 Å². The maximum absolute atomic E-state index is 14.8. The summed E-state index contributed by atoms with van der Waals surface area (Å²) in [7, 11) is -3.55. The largest absolute Gasteiger partial charge is 0.383 e. The number of nitrogen functional groups attached to an aromatic ring is 1. The van der Waals surface area contributed by atoms with Gasteiger partial charge in [0.2, 0.25) is 16.0 Å². The van der Waals surface area contributed by atoms with Gasteiger partial charge < -0.3 is 11.1 Å². The minimum Gasteiger partial charge on any atom is -0.383 e. The molecule has 1 aromatic heterocycles. The number of anilines is 1. The van der Waals surface area contributed by atoms with E-state index < -0.39 is 16.0 Å². The molecule has 2 aromatic carbocycles. The highest BCUT2D eigenvalue weighted by Crippen LogP contribution is 2.34. The number of pyridine rings is 1. The second kappa shape index (κ2) is 8.24. The van der Waals surface area contributed by atoms with E-state index in [4.69, 9.17) is 5.73 Å². The maximum Gasteiger partial charge on any atom is 0.251 e. The lowest BCUT2D eigenvalue weighted by Gasteiger charge is -2.18. The van der Waals surface area contributed by atoms with Crippen LogP contribution in [0.5, 0.6) is 0 Å². The maximum atomic E-state index is 14.8. The van der Waals surface area contributed by atoms with Crippen molar-refractivity contribution in [3.8, 4) is 22.3 Å². The fraction of sp³-hybridized carbons (Fsp3) is 0.250. The molecule has 2 aliphatic rings. The van der Waals surface area contributed by atoms with E-state index in [1.807, 2.05) is 6.07 Å². The zero-order chi connectivity index (χ0) is 23.2. The number of sulfonamides is 1. The number of nitrogens with zero attached hydrogens (tertiary/aromatic N) is 2. The molecular weight excluding hydrogens is 443 g/mol. The Morgan fingerprint density at radius 3 is 2.36 bits per heavy atom. The Labute approximate surface area is 191 Å². The Morgan fingerprint density at radius 1 is 0.939 bits per heavy atom. The second-order valence-corrected chi connectivity index (χ2v) is 10.2. The first kappa shape index (κ1) is 21.5. The summed E-state index contributed by atoms with van der Waals surface area (Å²) in [6.07, 6.45) is 2.41. The second-order valence-electron chi connectivity index (χ2n) is 8.27. The van der Waals surface area contributed by atoms with Gasteiger partial charge in [-0.3, -0.25) is 4.79 Å². The summed E-state index contributed by atoms with van der Waals surface area (Å²) in [6, 6.07) is 13.2. The van der Waals surface area contributed by atoms with Gasteiger partial charge in [-0.25, -0.2) is 13.4 Å². The van der Waals surface area contributed by atoms with Crippen LogP contribution in [-0.4, -0.2) is 43.2 Å². The lowest BCUT2D eigenvalue weighted by atomic mass is 9.94. The van der Waals surface area contributed by atoms with Gasteiger partial charge in [0.15, 0.2) is 0 Å². The van der Waals surface area contributed by atoms with Crippen molar-refractivity contribution in [2.75, 3.05) is 25.4 Å². The molecule has 0 unspecified atom stereocenters. The predicted octanol–water partition coefficient (Wildman–Crippen LogP) is 3.21. The van der Waals surface area contributed by atoms with E-state index in [-0.39, 0.29) is 22.2 Å². The number of carbonyl (C=O) groups is 1. The molecule has 9 heteroatoms. The van der Waals surface area contributed by atoms with Crippen molar-refractivity contribution >= 4 is 21.7 Å². The number of hydrogen-bond acceptors (Lipinski definition) is 5. The summed E-state index contributed by atoms with van der Waals surface area (Å²) >= 11 is 0. The molecule has 170 valence electrons. The number of hydrogen-bond donors (Lipinski definition) is 2. The molecule has 0 saturated carbocycles. The van der Waals surface area contributed by atoms with Crippen LogP contribution in [0.2, 0.25) is 0 Å². The molecule has 0 spiro atoms. The van der Waals surface area contributed by atoms with E-state index in [1.54, 1.807) is 30.3 Å². The molecule has 0 bridgehead atoms. The number of carbonyl (C=O) groups excluding carboxylic acids is 1. The number of nitrogens with one attached hydrogen (secondary N) is 1. The first-order valence-corrected chi connectivity index (χ1v) is 12.3. The number of aromatic nitrogens is 1. The molecule has 1 fully saturated rings.